The van der Waals surface area contributed by atoms with Gasteiger partial charge in [0.05, 0.1) is 7.11 Å². The van der Waals surface area contributed by atoms with Crippen LogP contribution in [0.5, 0.6) is 5.75 Å². The van der Waals surface area contributed by atoms with E-state index in [-0.39, 0.29) is 29.5 Å². The van der Waals surface area contributed by atoms with Crippen molar-refractivity contribution in [3.8, 4) is 5.75 Å². The van der Waals surface area contributed by atoms with Crippen LogP contribution in [0.3, 0.4) is 0 Å². The Morgan fingerprint density at radius 1 is 1.08 bits per heavy atom. The van der Waals surface area contributed by atoms with Crippen molar-refractivity contribution in [2.45, 2.75) is 71.2 Å². The van der Waals surface area contributed by atoms with Crippen molar-refractivity contribution in [1.82, 2.24) is 10.2 Å². The summed E-state index contributed by atoms with van der Waals surface area (Å²) in [6, 6.07) is 12.7. The molecule has 0 bridgehead atoms. The molecule has 9 heteroatoms. The summed E-state index contributed by atoms with van der Waals surface area (Å²) in [6.07, 6.45) is 0.907. The first kappa shape index (κ1) is 29.4. The number of rotatable bonds is 10. The number of amides is 3. The Balaban J connectivity index is 1.97. The maximum absolute atomic E-state index is 14.0. The van der Waals surface area contributed by atoms with E-state index in [2.05, 4.69) is 30.2 Å². The molecule has 0 heterocycles. The van der Waals surface area contributed by atoms with Crippen LogP contribution in [0.15, 0.2) is 48.5 Å². The summed E-state index contributed by atoms with van der Waals surface area (Å²) >= 11 is 4.35. The van der Waals surface area contributed by atoms with Gasteiger partial charge in [0.15, 0.2) is 0 Å². The first-order valence-corrected chi connectivity index (χ1v) is 13.6. The van der Waals surface area contributed by atoms with Crippen molar-refractivity contribution < 1.29 is 23.9 Å². The summed E-state index contributed by atoms with van der Waals surface area (Å²) in [5.74, 6) is 0.212. The maximum atomic E-state index is 14.0. The highest BCUT2D eigenvalue weighted by atomic mass is 32.1. The molecular formula is C29H39N3O5S. The maximum Gasteiger partial charge on any atom is 0.408 e. The molecule has 0 spiro atoms. The molecular weight excluding hydrogens is 502 g/mol. The lowest BCUT2D eigenvalue weighted by atomic mass is 10.00. The largest absolute Gasteiger partial charge is 0.497 e. The van der Waals surface area contributed by atoms with Crippen molar-refractivity contribution in [2.24, 2.45) is 5.92 Å². The SMILES string of the molecule is CCc1ccc(C(C(=O)Nc2ccc(OC)cc2)N(C(=O)C(CS)NC(=O)OC(C)(C)C)C2CC2C)cc1. The number of benzene rings is 2. The lowest BCUT2D eigenvalue weighted by Gasteiger charge is -2.34. The molecule has 0 saturated heterocycles. The molecule has 4 atom stereocenters. The van der Waals surface area contributed by atoms with Crippen LogP contribution in [-0.4, -0.2) is 53.4 Å². The molecule has 1 aliphatic rings. The summed E-state index contributed by atoms with van der Waals surface area (Å²) in [4.78, 5) is 42.0. The molecule has 1 aliphatic carbocycles. The van der Waals surface area contributed by atoms with Gasteiger partial charge in [-0.05, 0) is 74.9 Å². The molecule has 3 amide bonds. The first-order valence-electron chi connectivity index (χ1n) is 12.9. The third-order valence-corrected chi connectivity index (χ3v) is 6.80. The highest BCUT2D eigenvalue weighted by Gasteiger charge is 2.48. The van der Waals surface area contributed by atoms with E-state index in [0.29, 0.717) is 17.0 Å². The Morgan fingerprint density at radius 2 is 1.68 bits per heavy atom. The average Bonchev–Trinajstić information content (AvgIpc) is 3.60. The number of aryl methyl sites for hydroxylation is 1. The van der Waals surface area contributed by atoms with E-state index in [0.717, 1.165) is 18.4 Å². The zero-order valence-corrected chi connectivity index (χ0v) is 23.9. The molecule has 2 N–H and O–H groups in total. The van der Waals surface area contributed by atoms with Gasteiger partial charge >= 0.3 is 6.09 Å². The highest BCUT2D eigenvalue weighted by molar-refractivity contribution is 7.80. The van der Waals surface area contributed by atoms with E-state index in [1.165, 1.54) is 0 Å². The van der Waals surface area contributed by atoms with Crippen LogP contribution in [0.2, 0.25) is 0 Å². The van der Waals surface area contributed by atoms with Crippen LogP contribution in [0, 0.1) is 5.92 Å². The predicted molar refractivity (Wildman–Crippen MR) is 152 cm³/mol. The fraction of sp³-hybridized carbons (Fsp3) is 0.483. The number of ether oxygens (including phenoxy) is 2. The second kappa shape index (κ2) is 12.6. The quantitative estimate of drug-likeness (QED) is 0.368. The van der Waals surface area contributed by atoms with Crippen LogP contribution < -0.4 is 15.4 Å². The average molecular weight is 542 g/mol. The number of hydrogen-bond acceptors (Lipinski definition) is 6. The Morgan fingerprint density at radius 3 is 2.16 bits per heavy atom. The molecule has 0 aromatic heterocycles. The van der Waals surface area contributed by atoms with Gasteiger partial charge in [-0.1, -0.05) is 38.1 Å². The standard InChI is InChI=1S/C29H39N3O5S/c1-7-19-8-10-20(11-9-19)25(26(33)30-21-12-14-22(36-6)15-13-21)32(24-16-18(24)2)27(34)23(17-38)31-28(35)37-29(3,4)5/h8-15,18,23-25,38H,7,16-17H2,1-6H3,(H,30,33)(H,31,35). The Hall–Kier alpha value is -3.20. The van der Waals surface area contributed by atoms with Gasteiger partial charge in [-0.25, -0.2) is 4.79 Å². The van der Waals surface area contributed by atoms with E-state index in [1.807, 2.05) is 31.2 Å². The molecule has 38 heavy (non-hydrogen) atoms. The molecule has 1 fully saturated rings. The second-order valence-electron chi connectivity index (χ2n) is 10.6. The van der Waals surface area contributed by atoms with E-state index < -0.39 is 23.8 Å². The van der Waals surface area contributed by atoms with E-state index in [1.54, 1.807) is 57.0 Å². The van der Waals surface area contributed by atoms with Gasteiger partial charge in [-0.3, -0.25) is 9.59 Å². The molecule has 0 radical (unpaired) electrons. The van der Waals surface area contributed by atoms with Crippen molar-refractivity contribution in [3.05, 3.63) is 59.7 Å². The van der Waals surface area contributed by atoms with Crippen LogP contribution >= 0.6 is 12.6 Å². The van der Waals surface area contributed by atoms with Gasteiger partial charge < -0.3 is 25.0 Å². The molecule has 8 nitrogen and oxygen atoms in total. The molecule has 2 aromatic carbocycles. The number of anilines is 1. The van der Waals surface area contributed by atoms with Gasteiger partial charge in [0, 0.05) is 17.5 Å². The van der Waals surface area contributed by atoms with Crippen LogP contribution in [0.25, 0.3) is 0 Å². The zero-order chi connectivity index (χ0) is 28.0. The molecule has 3 rings (SSSR count). The predicted octanol–water partition coefficient (Wildman–Crippen LogP) is 5.00. The minimum Gasteiger partial charge on any atom is -0.497 e. The van der Waals surface area contributed by atoms with Crippen molar-refractivity contribution >= 4 is 36.2 Å². The summed E-state index contributed by atoms with van der Waals surface area (Å²) in [7, 11) is 1.58. The van der Waals surface area contributed by atoms with Gasteiger partial charge in [-0.15, -0.1) is 0 Å². The number of methoxy groups -OCH3 is 1. The van der Waals surface area contributed by atoms with Gasteiger partial charge in [-0.2, -0.15) is 12.6 Å². The van der Waals surface area contributed by atoms with E-state index >= 15 is 0 Å². The molecule has 206 valence electrons. The lowest BCUT2D eigenvalue weighted by molar-refractivity contribution is -0.141. The van der Waals surface area contributed by atoms with Crippen molar-refractivity contribution in [1.29, 1.82) is 0 Å². The second-order valence-corrected chi connectivity index (χ2v) is 11.0. The Kier molecular flexibility index (Phi) is 9.71. The Labute approximate surface area is 230 Å². The minimum absolute atomic E-state index is 0.0528. The molecule has 4 unspecified atom stereocenters. The number of carbonyl (C=O) groups excluding carboxylic acids is 3. The topological polar surface area (TPSA) is 97.0 Å². The summed E-state index contributed by atoms with van der Waals surface area (Å²) in [5, 5.41) is 5.62. The summed E-state index contributed by atoms with van der Waals surface area (Å²) in [5.41, 5.74) is 1.68. The minimum atomic E-state index is -0.966. The third-order valence-electron chi connectivity index (χ3n) is 6.44. The molecule has 1 saturated carbocycles. The summed E-state index contributed by atoms with van der Waals surface area (Å²) in [6.45, 7) is 9.36. The van der Waals surface area contributed by atoms with Crippen LogP contribution in [-0.2, 0) is 20.7 Å². The number of carbonyl (C=O) groups is 3. The zero-order valence-electron chi connectivity index (χ0n) is 23.0. The molecule has 0 aliphatic heterocycles. The summed E-state index contributed by atoms with van der Waals surface area (Å²) < 4.78 is 10.6. The van der Waals surface area contributed by atoms with Crippen molar-refractivity contribution in [2.75, 3.05) is 18.2 Å². The van der Waals surface area contributed by atoms with Gasteiger partial charge in [0.25, 0.3) is 5.91 Å². The normalized spacial score (nSPS) is 18.1. The van der Waals surface area contributed by atoms with Crippen LogP contribution in [0.4, 0.5) is 10.5 Å². The third kappa shape index (κ3) is 7.66. The van der Waals surface area contributed by atoms with Crippen LogP contribution in [0.1, 0.15) is 58.2 Å². The fourth-order valence-electron chi connectivity index (χ4n) is 4.25. The number of thiol groups is 1. The lowest BCUT2D eigenvalue weighted by Crippen LogP contribution is -2.54. The Bertz CT molecular complexity index is 1110. The highest BCUT2D eigenvalue weighted by Crippen LogP contribution is 2.41. The first-order chi connectivity index (χ1) is 18.0. The smallest absolute Gasteiger partial charge is 0.408 e. The van der Waals surface area contributed by atoms with Gasteiger partial charge in [0.1, 0.15) is 23.4 Å². The molecule has 2 aromatic rings. The van der Waals surface area contributed by atoms with Gasteiger partial charge in [0.2, 0.25) is 5.91 Å². The van der Waals surface area contributed by atoms with E-state index in [9.17, 15) is 14.4 Å². The number of hydrogen-bond donors (Lipinski definition) is 3. The fourth-order valence-corrected chi connectivity index (χ4v) is 4.49. The van der Waals surface area contributed by atoms with Crippen molar-refractivity contribution in [3.63, 3.8) is 0 Å². The number of nitrogens with zero attached hydrogens (tertiary/aromatic N) is 1. The number of alkyl carbamates (subject to hydrolysis) is 1. The van der Waals surface area contributed by atoms with E-state index in [4.69, 9.17) is 9.47 Å². The number of nitrogens with one attached hydrogen (secondary N) is 2. The monoisotopic (exact) mass is 541 g/mol.